The Morgan fingerprint density at radius 3 is 2.57 bits per heavy atom. The van der Waals surface area contributed by atoms with E-state index in [1.54, 1.807) is 36.3 Å². The fraction of sp³-hybridized carbons (Fsp3) is 0.364. The Hall–Kier alpha value is -2.53. The number of amides is 2. The van der Waals surface area contributed by atoms with E-state index in [1.807, 2.05) is 31.2 Å². The van der Waals surface area contributed by atoms with Gasteiger partial charge >= 0.3 is 0 Å². The number of benzene rings is 2. The largest absolute Gasteiger partial charge is 0.497 e. The summed E-state index contributed by atoms with van der Waals surface area (Å²) in [6.07, 6.45) is 0.872. The second kappa shape index (κ2) is 9.11. The maximum absolute atomic E-state index is 13.0. The van der Waals surface area contributed by atoms with Crippen molar-refractivity contribution in [3.05, 3.63) is 64.7 Å². The molecule has 1 aliphatic heterocycles. The van der Waals surface area contributed by atoms with E-state index in [0.29, 0.717) is 30.2 Å². The second-order valence-electron chi connectivity index (χ2n) is 7.00. The van der Waals surface area contributed by atoms with Gasteiger partial charge in [-0.05, 0) is 42.3 Å². The van der Waals surface area contributed by atoms with Crippen LogP contribution in [0.4, 0.5) is 0 Å². The van der Waals surface area contributed by atoms with Crippen LogP contribution in [0.5, 0.6) is 5.75 Å². The molecule has 1 saturated heterocycles. The summed E-state index contributed by atoms with van der Waals surface area (Å²) < 4.78 is 5.23. The number of likely N-dealkylation sites (tertiary alicyclic amines) is 1. The van der Waals surface area contributed by atoms with Crippen molar-refractivity contribution in [3.8, 4) is 5.75 Å². The standard InChI is InChI=1S/C22H25ClN2O3/c1-3-11-24-21(26)20-14-25(22(27)16-5-4-6-17(23)12-16)13-19(20)15-7-9-18(28-2)10-8-15/h4-10,12,19-20H,3,11,13-14H2,1-2H3,(H,24,26). The van der Waals surface area contributed by atoms with Crippen LogP contribution in [-0.4, -0.2) is 43.5 Å². The van der Waals surface area contributed by atoms with Crippen molar-refractivity contribution in [2.45, 2.75) is 19.3 Å². The third kappa shape index (κ3) is 4.47. The molecule has 2 aromatic carbocycles. The van der Waals surface area contributed by atoms with Gasteiger partial charge in [0, 0.05) is 36.1 Å². The highest BCUT2D eigenvalue weighted by Gasteiger charge is 2.40. The molecule has 0 bridgehead atoms. The summed E-state index contributed by atoms with van der Waals surface area (Å²) in [7, 11) is 1.62. The van der Waals surface area contributed by atoms with E-state index in [1.165, 1.54) is 0 Å². The Balaban J connectivity index is 1.84. The van der Waals surface area contributed by atoms with Gasteiger partial charge in [-0.1, -0.05) is 36.7 Å². The fourth-order valence-corrected chi connectivity index (χ4v) is 3.80. The highest BCUT2D eigenvalue weighted by molar-refractivity contribution is 6.30. The van der Waals surface area contributed by atoms with E-state index in [4.69, 9.17) is 16.3 Å². The number of hydrogen-bond donors (Lipinski definition) is 1. The minimum absolute atomic E-state index is 0.0101. The number of methoxy groups -OCH3 is 1. The number of carbonyl (C=O) groups is 2. The molecule has 1 N–H and O–H groups in total. The van der Waals surface area contributed by atoms with E-state index in [0.717, 1.165) is 17.7 Å². The zero-order chi connectivity index (χ0) is 20.1. The second-order valence-corrected chi connectivity index (χ2v) is 7.43. The predicted octanol–water partition coefficient (Wildman–Crippen LogP) is 3.73. The fourth-order valence-electron chi connectivity index (χ4n) is 3.61. The van der Waals surface area contributed by atoms with Gasteiger partial charge in [-0.15, -0.1) is 0 Å². The lowest BCUT2D eigenvalue weighted by Gasteiger charge is -2.18. The van der Waals surface area contributed by atoms with E-state index in [2.05, 4.69) is 5.32 Å². The lowest BCUT2D eigenvalue weighted by Crippen LogP contribution is -2.36. The molecule has 3 rings (SSSR count). The summed E-state index contributed by atoms with van der Waals surface area (Å²) in [5, 5.41) is 3.50. The Labute approximate surface area is 170 Å². The summed E-state index contributed by atoms with van der Waals surface area (Å²) >= 11 is 6.04. The Morgan fingerprint density at radius 2 is 1.93 bits per heavy atom. The minimum Gasteiger partial charge on any atom is -0.497 e. The summed E-state index contributed by atoms with van der Waals surface area (Å²) in [6, 6.07) is 14.6. The van der Waals surface area contributed by atoms with Crippen LogP contribution in [0.2, 0.25) is 5.02 Å². The first-order valence-corrected chi connectivity index (χ1v) is 9.87. The van der Waals surface area contributed by atoms with E-state index in [-0.39, 0.29) is 23.7 Å². The molecule has 0 aliphatic carbocycles. The van der Waals surface area contributed by atoms with Crippen LogP contribution in [-0.2, 0) is 4.79 Å². The van der Waals surface area contributed by atoms with Gasteiger partial charge in [0.1, 0.15) is 5.75 Å². The molecule has 0 radical (unpaired) electrons. The number of halogens is 1. The van der Waals surface area contributed by atoms with Gasteiger partial charge in [0.25, 0.3) is 5.91 Å². The van der Waals surface area contributed by atoms with Crippen molar-refractivity contribution < 1.29 is 14.3 Å². The molecule has 2 atom stereocenters. The normalized spacial score (nSPS) is 18.8. The van der Waals surface area contributed by atoms with Crippen LogP contribution < -0.4 is 10.1 Å². The molecule has 2 amide bonds. The number of nitrogens with one attached hydrogen (secondary N) is 1. The summed E-state index contributed by atoms with van der Waals surface area (Å²) in [5.41, 5.74) is 1.56. The van der Waals surface area contributed by atoms with Crippen molar-refractivity contribution in [1.29, 1.82) is 0 Å². The molecule has 0 aromatic heterocycles. The average molecular weight is 401 g/mol. The molecule has 2 aromatic rings. The third-order valence-electron chi connectivity index (χ3n) is 5.11. The molecular formula is C22H25ClN2O3. The Morgan fingerprint density at radius 1 is 1.18 bits per heavy atom. The van der Waals surface area contributed by atoms with Crippen LogP contribution in [0, 0.1) is 5.92 Å². The first-order chi connectivity index (χ1) is 13.5. The van der Waals surface area contributed by atoms with Crippen molar-refractivity contribution >= 4 is 23.4 Å². The van der Waals surface area contributed by atoms with Gasteiger partial charge in [0.15, 0.2) is 0 Å². The number of ether oxygens (including phenoxy) is 1. The predicted molar refractivity (Wildman–Crippen MR) is 110 cm³/mol. The van der Waals surface area contributed by atoms with Gasteiger partial charge in [-0.25, -0.2) is 0 Å². The zero-order valence-corrected chi connectivity index (χ0v) is 16.9. The van der Waals surface area contributed by atoms with E-state index < -0.39 is 0 Å². The van der Waals surface area contributed by atoms with Gasteiger partial charge in [-0.2, -0.15) is 0 Å². The molecule has 0 spiro atoms. The highest BCUT2D eigenvalue weighted by atomic mass is 35.5. The first kappa shape index (κ1) is 20.2. The van der Waals surface area contributed by atoms with Gasteiger partial charge in [-0.3, -0.25) is 9.59 Å². The maximum atomic E-state index is 13.0. The lowest BCUT2D eigenvalue weighted by molar-refractivity contribution is -0.124. The molecule has 1 aliphatic rings. The average Bonchev–Trinajstić information content (AvgIpc) is 3.17. The monoisotopic (exact) mass is 400 g/mol. The van der Waals surface area contributed by atoms with Crippen molar-refractivity contribution in [3.63, 3.8) is 0 Å². The van der Waals surface area contributed by atoms with Crippen molar-refractivity contribution in [2.24, 2.45) is 5.92 Å². The molecule has 2 unspecified atom stereocenters. The van der Waals surface area contributed by atoms with Crippen LogP contribution >= 0.6 is 11.6 Å². The van der Waals surface area contributed by atoms with Gasteiger partial charge in [0.2, 0.25) is 5.91 Å². The quantitative estimate of drug-likeness (QED) is 0.803. The number of hydrogen-bond acceptors (Lipinski definition) is 3. The van der Waals surface area contributed by atoms with Gasteiger partial charge in [0.05, 0.1) is 13.0 Å². The highest BCUT2D eigenvalue weighted by Crippen LogP contribution is 2.34. The topological polar surface area (TPSA) is 58.6 Å². The SMILES string of the molecule is CCCNC(=O)C1CN(C(=O)c2cccc(Cl)c2)CC1c1ccc(OC)cc1. The lowest BCUT2D eigenvalue weighted by atomic mass is 9.88. The summed E-state index contributed by atoms with van der Waals surface area (Å²) in [5.74, 6) is 0.297. The molecule has 28 heavy (non-hydrogen) atoms. The molecular weight excluding hydrogens is 376 g/mol. The van der Waals surface area contributed by atoms with Crippen molar-refractivity contribution in [2.75, 3.05) is 26.7 Å². The van der Waals surface area contributed by atoms with E-state index in [9.17, 15) is 9.59 Å². The third-order valence-corrected chi connectivity index (χ3v) is 5.34. The van der Waals surface area contributed by atoms with Crippen LogP contribution in [0.3, 0.4) is 0 Å². The molecule has 148 valence electrons. The molecule has 1 heterocycles. The number of rotatable bonds is 6. The van der Waals surface area contributed by atoms with Crippen LogP contribution in [0.1, 0.15) is 35.2 Å². The summed E-state index contributed by atoms with van der Waals surface area (Å²) in [4.78, 5) is 27.5. The molecule has 5 nitrogen and oxygen atoms in total. The molecule has 0 saturated carbocycles. The summed E-state index contributed by atoms with van der Waals surface area (Å²) in [6.45, 7) is 3.53. The zero-order valence-electron chi connectivity index (χ0n) is 16.2. The number of carbonyl (C=O) groups excluding carboxylic acids is 2. The smallest absolute Gasteiger partial charge is 0.253 e. The minimum atomic E-state index is -0.289. The maximum Gasteiger partial charge on any atom is 0.253 e. The van der Waals surface area contributed by atoms with E-state index >= 15 is 0 Å². The molecule has 6 heteroatoms. The molecule has 1 fully saturated rings. The number of nitrogens with zero attached hydrogens (tertiary/aromatic N) is 1. The Bertz CT molecular complexity index is 838. The first-order valence-electron chi connectivity index (χ1n) is 9.50. The van der Waals surface area contributed by atoms with Crippen LogP contribution in [0.15, 0.2) is 48.5 Å². The van der Waals surface area contributed by atoms with Crippen LogP contribution in [0.25, 0.3) is 0 Å². The Kier molecular flexibility index (Phi) is 6.57. The van der Waals surface area contributed by atoms with Gasteiger partial charge < -0.3 is 15.0 Å². The van der Waals surface area contributed by atoms with Crippen molar-refractivity contribution in [1.82, 2.24) is 10.2 Å².